The van der Waals surface area contributed by atoms with Crippen molar-refractivity contribution in [1.29, 1.82) is 0 Å². The molecule has 2 heterocycles. The van der Waals surface area contributed by atoms with E-state index in [2.05, 4.69) is 4.98 Å². The second-order valence-electron chi connectivity index (χ2n) is 7.83. The van der Waals surface area contributed by atoms with Gasteiger partial charge in [-0.05, 0) is 17.7 Å². The predicted molar refractivity (Wildman–Crippen MR) is 112 cm³/mol. The maximum atomic E-state index is 14.0. The summed E-state index contributed by atoms with van der Waals surface area (Å²) in [5.41, 5.74) is -3.45. The molecule has 0 radical (unpaired) electrons. The van der Waals surface area contributed by atoms with Crippen LogP contribution in [0.15, 0.2) is 66.9 Å². The molecule has 8 heteroatoms. The maximum absolute atomic E-state index is 14.0. The first-order valence-electron chi connectivity index (χ1n) is 9.85. The number of benzene rings is 2. The van der Waals surface area contributed by atoms with Gasteiger partial charge in [0, 0.05) is 17.8 Å². The molecular formula is C24H17ClFNO5. The number of nitrogens with zero attached hydrogens (tertiary/aromatic N) is 1. The maximum Gasteiger partial charge on any atom is 0.313 e. The number of aliphatic hydroxyl groups is 1. The van der Waals surface area contributed by atoms with E-state index in [1.807, 2.05) is 0 Å². The van der Waals surface area contributed by atoms with Crippen LogP contribution in [0.5, 0.6) is 5.75 Å². The number of ether oxygens (including phenoxy) is 2. The summed E-state index contributed by atoms with van der Waals surface area (Å²) in [4.78, 5) is 31.3. The molecule has 0 amide bonds. The smallest absolute Gasteiger partial charge is 0.313 e. The monoisotopic (exact) mass is 453 g/mol. The van der Waals surface area contributed by atoms with Crippen molar-refractivity contribution < 1.29 is 28.6 Å². The highest BCUT2D eigenvalue weighted by Crippen LogP contribution is 2.64. The van der Waals surface area contributed by atoms with Crippen LogP contribution in [-0.2, 0) is 25.5 Å². The molecule has 3 aromatic rings. The molecule has 5 rings (SSSR count). The summed E-state index contributed by atoms with van der Waals surface area (Å²) >= 11 is 6.12. The number of esters is 1. The number of Topliss-reactive ketones (excluding diaryl/α,β-unsaturated/α-hetero) is 1. The van der Waals surface area contributed by atoms with Crippen molar-refractivity contribution in [3.8, 4) is 5.75 Å². The van der Waals surface area contributed by atoms with Gasteiger partial charge in [0.2, 0.25) is 11.4 Å². The third kappa shape index (κ3) is 2.58. The van der Waals surface area contributed by atoms with E-state index in [0.717, 1.165) is 0 Å². The van der Waals surface area contributed by atoms with E-state index in [4.69, 9.17) is 21.1 Å². The number of carbonyl (C=O) groups excluding carboxylic acids is 2. The van der Waals surface area contributed by atoms with Crippen LogP contribution in [0.1, 0.15) is 22.7 Å². The second-order valence-corrected chi connectivity index (χ2v) is 8.27. The topological polar surface area (TPSA) is 85.7 Å². The number of fused-ring (bicyclic) bond motifs is 4. The number of methoxy groups -OCH3 is 1. The Bertz CT molecular complexity index is 1230. The molecule has 1 saturated carbocycles. The lowest BCUT2D eigenvalue weighted by molar-refractivity contribution is -0.163. The number of hydrogen-bond donors (Lipinski definition) is 1. The van der Waals surface area contributed by atoms with Gasteiger partial charge >= 0.3 is 5.97 Å². The molecule has 4 atom stereocenters. The number of pyridine rings is 1. The van der Waals surface area contributed by atoms with Crippen LogP contribution in [0.4, 0.5) is 4.39 Å². The van der Waals surface area contributed by atoms with Crippen molar-refractivity contribution in [1.82, 2.24) is 4.98 Å². The molecule has 6 nitrogen and oxygen atoms in total. The first-order chi connectivity index (χ1) is 15.3. The number of ketones is 1. The van der Waals surface area contributed by atoms with Crippen molar-refractivity contribution in [3.05, 3.63) is 94.5 Å². The summed E-state index contributed by atoms with van der Waals surface area (Å²) in [6.07, 6.45) is 1.27. The zero-order valence-electron chi connectivity index (χ0n) is 16.8. The molecule has 32 heavy (non-hydrogen) atoms. The Labute approximate surface area is 187 Å². The summed E-state index contributed by atoms with van der Waals surface area (Å²) in [7, 11) is 1.18. The lowest BCUT2D eigenvalue weighted by Crippen LogP contribution is -2.51. The van der Waals surface area contributed by atoms with Gasteiger partial charge in [-0.3, -0.25) is 14.6 Å². The zero-order valence-corrected chi connectivity index (χ0v) is 17.5. The second kappa shape index (κ2) is 7.12. The minimum atomic E-state index is -2.35. The van der Waals surface area contributed by atoms with E-state index in [1.165, 1.54) is 43.6 Å². The summed E-state index contributed by atoms with van der Waals surface area (Å²) in [6, 6.07) is 15.4. The molecule has 1 aliphatic carbocycles. The first-order valence-corrected chi connectivity index (χ1v) is 10.2. The van der Waals surface area contributed by atoms with Gasteiger partial charge in [0.05, 0.1) is 18.1 Å². The Kier molecular flexibility index (Phi) is 4.58. The lowest BCUT2D eigenvalue weighted by atomic mass is 9.75. The van der Waals surface area contributed by atoms with Crippen LogP contribution in [-0.4, -0.2) is 29.0 Å². The van der Waals surface area contributed by atoms with E-state index in [1.54, 1.807) is 30.3 Å². The summed E-state index contributed by atoms with van der Waals surface area (Å²) in [6.45, 7) is 0. The predicted octanol–water partition coefficient (Wildman–Crippen LogP) is 3.51. The van der Waals surface area contributed by atoms with Gasteiger partial charge in [0.1, 0.15) is 23.2 Å². The van der Waals surface area contributed by atoms with E-state index < -0.39 is 40.6 Å². The Morgan fingerprint density at radius 1 is 1.19 bits per heavy atom. The van der Waals surface area contributed by atoms with Crippen LogP contribution < -0.4 is 4.74 Å². The molecule has 1 N–H and O–H groups in total. The molecule has 2 bridgehead atoms. The van der Waals surface area contributed by atoms with Gasteiger partial charge in [-0.2, -0.15) is 0 Å². The van der Waals surface area contributed by atoms with Gasteiger partial charge < -0.3 is 14.6 Å². The number of hydrogen-bond acceptors (Lipinski definition) is 6. The number of rotatable bonds is 3. The van der Waals surface area contributed by atoms with Crippen LogP contribution in [0.25, 0.3) is 0 Å². The number of aromatic nitrogens is 1. The molecule has 0 unspecified atom stereocenters. The normalized spacial score (nSPS) is 28.1. The van der Waals surface area contributed by atoms with Gasteiger partial charge in [-0.25, -0.2) is 4.39 Å². The Hall–Kier alpha value is -3.29. The molecule has 162 valence electrons. The minimum absolute atomic E-state index is 0.0660. The fourth-order valence-electron chi connectivity index (χ4n) is 4.95. The fourth-order valence-corrected chi connectivity index (χ4v) is 5.10. The van der Waals surface area contributed by atoms with Crippen molar-refractivity contribution in [3.63, 3.8) is 0 Å². The van der Waals surface area contributed by atoms with Crippen LogP contribution in [0, 0.1) is 11.7 Å². The molecule has 0 spiro atoms. The molecule has 2 aromatic carbocycles. The van der Waals surface area contributed by atoms with E-state index in [9.17, 15) is 19.1 Å². The third-order valence-electron chi connectivity index (χ3n) is 6.24. The van der Waals surface area contributed by atoms with E-state index in [0.29, 0.717) is 5.56 Å². The Morgan fingerprint density at radius 2 is 1.88 bits per heavy atom. The summed E-state index contributed by atoms with van der Waals surface area (Å²) < 4.78 is 25.1. The SMILES string of the molecule is COC(=O)[C@H]1[C@@H](c2ccccc2)[C@]2(c3ccc(F)cc3)Oc3cc(Cl)cnc3[C@@]1(O)C2=O. The lowest BCUT2D eigenvalue weighted by Gasteiger charge is -2.38. The Morgan fingerprint density at radius 3 is 2.53 bits per heavy atom. The average Bonchev–Trinajstić information content (AvgIpc) is 2.93. The van der Waals surface area contributed by atoms with Gasteiger partial charge in [0.25, 0.3) is 0 Å². The van der Waals surface area contributed by atoms with Gasteiger partial charge in [0.15, 0.2) is 5.60 Å². The number of carbonyl (C=O) groups is 2. The van der Waals surface area contributed by atoms with Crippen molar-refractivity contribution in [2.75, 3.05) is 7.11 Å². The molecule has 2 aliphatic rings. The van der Waals surface area contributed by atoms with Crippen molar-refractivity contribution >= 4 is 23.4 Å². The highest BCUT2D eigenvalue weighted by Gasteiger charge is 2.77. The molecule has 1 aliphatic heterocycles. The zero-order chi connectivity index (χ0) is 22.7. The van der Waals surface area contributed by atoms with Crippen LogP contribution >= 0.6 is 11.6 Å². The molecule has 1 aromatic heterocycles. The van der Waals surface area contributed by atoms with E-state index in [-0.39, 0.29) is 22.0 Å². The molecular weight excluding hydrogens is 437 g/mol. The largest absolute Gasteiger partial charge is 0.472 e. The average molecular weight is 454 g/mol. The van der Waals surface area contributed by atoms with Crippen LogP contribution in [0.2, 0.25) is 5.02 Å². The van der Waals surface area contributed by atoms with Crippen molar-refractivity contribution in [2.24, 2.45) is 5.92 Å². The standard InChI is InChI=1S/C24H17ClFNO5/c1-31-21(28)19-18(13-5-3-2-4-6-13)24(14-7-9-16(26)10-8-14)22(29)23(19,30)20-17(32-24)11-15(25)12-27-20/h2-12,18-19,30H,1H3/t18-,19-,23-,24+/m1/s1. The summed E-state index contributed by atoms with van der Waals surface area (Å²) in [5.74, 6) is -4.38. The van der Waals surface area contributed by atoms with Gasteiger partial charge in [-0.1, -0.05) is 54.1 Å². The first kappa shape index (κ1) is 20.6. The summed E-state index contributed by atoms with van der Waals surface area (Å²) in [5, 5.41) is 12.1. The molecule has 0 saturated heterocycles. The highest BCUT2D eigenvalue weighted by atomic mass is 35.5. The van der Waals surface area contributed by atoms with Crippen molar-refractivity contribution in [2.45, 2.75) is 17.1 Å². The van der Waals surface area contributed by atoms with Gasteiger partial charge in [-0.15, -0.1) is 0 Å². The highest BCUT2D eigenvalue weighted by molar-refractivity contribution is 6.30. The number of halogens is 2. The fraction of sp³-hybridized carbons (Fsp3) is 0.208. The quantitative estimate of drug-likeness (QED) is 0.611. The third-order valence-corrected chi connectivity index (χ3v) is 6.45. The van der Waals surface area contributed by atoms with Crippen LogP contribution in [0.3, 0.4) is 0 Å². The molecule has 1 fully saturated rings. The Balaban J connectivity index is 1.89. The van der Waals surface area contributed by atoms with E-state index >= 15 is 0 Å². The minimum Gasteiger partial charge on any atom is -0.472 e.